The molecular weight excluding hydrogens is 460 g/mol. The lowest BCUT2D eigenvalue weighted by molar-refractivity contribution is -0.153. The molecule has 3 aromatic rings. The fraction of sp³-hybridized carbons (Fsp3) is 0.250. The molecule has 1 fully saturated rings. The Morgan fingerprint density at radius 1 is 0.806 bits per heavy atom. The zero-order chi connectivity index (χ0) is 25.1. The number of hydrazine groups is 1. The summed E-state index contributed by atoms with van der Waals surface area (Å²) in [5.74, 6) is -1.39. The van der Waals surface area contributed by atoms with E-state index in [1.807, 2.05) is 78.9 Å². The van der Waals surface area contributed by atoms with Crippen molar-refractivity contribution in [1.82, 2.24) is 10.0 Å². The zero-order valence-corrected chi connectivity index (χ0v) is 19.6. The van der Waals surface area contributed by atoms with Gasteiger partial charge < -0.3 is 14.6 Å². The quantitative estimate of drug-likeness (QED) is 0.543. The molecule has 8 nitrogen and oxygen atoms in total. The van der Waals surface area contributed by atoms with Crippen LogP contribution in [0.5, 0.6) is 0 Å². The zero-order valence-electron chi connectivity index (χ0n) is 19.6. The van der Waals surface area contributed by atoms with Gasteiger partial charge in [0.25, 0.3) is 0 Å². The summed E-state index contributed by atoms with van der Waals surface area (Å²) in [6.07, 6.45) is -1.05. The molecule has 1 aliphatic heterocycles. The summed E-state index contributed by atoms with van der Waals surface area (Å²) in [6, 6.07) is 23.8. The van der Waals surface area contributed by atoms with E-state index in [9.17, 15) is 19.5 Å². The van der Waals surface area contributed by atoms with E-state index in [2.05, 4.69) is 0 Å². The van der Waals surface area contributed by atoms with Crippen molar-refractivity contribution < 1.29 is 29.0 Å². The molecule has 1 N–H and O–H groups in total. The van der Waals surface area contributed by atoms with Crippen LogP contribution in [0.4, 0.5) is 9.59 Å². The number of nitrogens with zero attached hydrogens (tertiary/aromatic N) is 2. The molecule has 2 amide bonds. The molecule has 1 atom stereocenters. The molecule has 1 heterocycles. The first-order valence-corrected chi connectivity index (χ1v) is 11.9. The Kier molecular flexibility index (Phi) is 6.58. The molecule has 0 radical (unpaired) electrons. The molecule has 1 saturated heterocycles. The highest BCUT2D eigenvalue weighted by Crippen LogP contribution is 2.44. The van der Waals surface area contributed by atoms with E-state index in [1.54, 1.807) is 0 Å². The van der Waals surface area contributed by atoms with Crippen molar-refractivity contribution in [3.63, 3.8) is 0 Å². The van der Waals surface area contributed by atoms with Crippen LogP contribution < -0.4 is 0 Å². The molecule has 0 bridgehead atoms. The van der Waals surface area contributed by atoms with Gasteiger partial charge in [-0.2, -0.15) is 5.01 Å². The van der Waals surface area contributed by atoms with Crippen molar-refractivity contribution >= 4 is 18.2 Å². The lowest BCUT2D eigenvalue weighted by atomic mass is 9.98. The van der Waals surface area contributed by atoms with Crippen LogP contribution in [0, 0.1) is 0 Å². The minimum absolute atomic E-state index is 0.00639. The van der Waals surface area contributed by atoms with Crippen molar-refractivity contribution in [3.05, 3.63) is 95.6 Å². The molecule has 2 aliphatic rings. The summed E-state index contributed by atoms with van der Waals surface area (Å²) in [6.45, 7) is 0.177. The summed E-state index contributed by atoms with van der Waals surface area (Å²) >= 11 is 0. The molecule has 8 heteroatoms. The lowest BCUT2D eigenvalue weighted by Crippen LogP contribution is -2.60. The first kappa shape index (κ1) is 23.4. The number of hydrogen-bond acceptors (Lipinski definition) is 5. The van der Waals surface area contributed by atoms with E-state index < -0.39 is 24.2 Å². The number of carboxylic acids is 1. The highest BCUT2D eigenvalue weighted by Gasteiger charge is 2.42. The molecule has 0 aromatic heterocycles. The maximum atomic E-state index is 13.3. The van der Waals surface area contributed by atoms with E-state index >= 15 is 0 Å². The fourth-order valence-electron chi connectivity index (χ4n) is 4.92. The van der Waals surface area contributed by atoms with E-state index in [0.717, 1.165) is 37.8 Å². The standard InChI is InChI=1S/C28H26N2O6/c31-26(32)25-15-8-16-29(27(33)35-17-19-9-2-1-3-10-19)30(25)28(34)36-18-24-22-13-6-4-11-20(22)21-12-5-7-14-23(21)24/h1-7,9-14,24-25H,8,15-18H2,(H,31,32)/t25-/m0/s1. The second-order valence-electron chi connectivity index (χ2n) is 8.81. The van der Waals surface area contributed by atoms with Gasteiger partial charge in [0.2, 0.25) is 0 Å². The molecule has 0 saturated carbocycles. The molecule has 5 rings (SSSR count). The molecule has 36 heavy (non-hydrogen) atoms. The van der Waals surface area contributed by atoms with Crippen molar-refractivity contribution in [1.29, 1.82) is 0 Å². The molecule has 184 valence electrons. The summed E-state index contributed by atoms with van der Waals surface area (Å²) in [7, 11) is 0. The van der Waals surface area contributed by atoms with Gasteiger partial charge in [0.1, 0.15) is 13.2 Å². The van der Waals surface area contributed by atoms with Crippen LogP contribution >= 0.6 is 0 Å². The maximum absolute atomic E-state index is 13.3. The summed E-state index contributed by atoms with van der Waals surface area (Å²) in [4.78, 5) is 38.2. The number of carbonyl (C=O) groups is 3. The third-order valence-electron chi connectivity index (χ3n) is 6.63. The molecule has 3 aromatic carbocycles. The molecule has 0 spiro atoms. The Morgan fingerprint density at radius 2 is 1.42 bits per heavy atom. The molecule has 1 aliphatic carbocycles. The predicted molar refractivity (Wildman–Crippen MR) is 131 cm³/mol. The summed E-state index contributed by atoms with van der Waals surface area (Å²) in [5.41, 5.74) is 5.03. The van der Waals surface area contributed by atoms with Gasteiger partial charge in [-0.3, -0.25) is 0 Å². The van der Waals surface area contributed by atoms with E-state index in [0.29, 0.717) is 6.42 Å². The maximum Gasteiger partial charge on any atom is 0.429 e. The minimum Gasteiger partial charge on any atom is -0.480 e. The van der Waals surface area contributed by atoms with Crippen molar-refractivity contribution in [2.24, 2.45) is 0 Å². The number of aliphatic carboxylic acids is 1. The van der Waals surface area contributed by atoms with Crippen LogP contribution in [0.3, 0.4) is 0 Å². The highest BCUT2D eigenvalue weighted by molar-refractivity contribution is 5.83. The number of carboxylic acid groups (broad SMARTS) is 1. The number of hydrogen-bond donors (Lipinski definition) is 1. The Balaban J connectivity index is 1.33. The average molecular weight is 487 g/mol. The monoisotopic (exact) mass is 486 g/mol. The van der Waals surface area contributed by atoms with Crippen LogP contribution in [0.15, 0.2) is 78.9 Å². The normalized spacial score (nSPS) is 16.7. The van der Waals surface area contributed by atoms with Gasteiger partial charge in [0.15, 0.2) is 6.04 Å². The van der Waals surface area contributed by atoms with Gasteiger partial charge in [0.05, 0.1) is 0 Å². The van der Waals surface area contributed by atoms with Crippen LogP contribution in [0.25, 0.3) is 11.1 Å². The van der Waals surface area contributed by atoms with Crippen molar-refractivity contribution in [2.45, 2.75) is 31.4 Å². The van der Waals surface area contributed by atoms with Gasteiger partial charge in [-0.1, -0.05) is 78.9 Å². The number of benzene rings is 3. The number of rotatable bonds is 5. The number of ether oxygens (including phenoxy) is 2. The number of amides is 2. The van der Waals surface area contributed by atoms with Gasteiger partial charge in [-0.15, -0.1) is 0 Å². The van der Waals surface area contributed by atoms with Crippen LogP contribution in [0.1, 0.15) is 35.4 Å². The first-order valence-electron chi connectivity index (χ1n) is 11.9. The second-order valence-corrected chi connectivity index (χ2v) is 8.81. The Labute approximate surface area is 208 Å². The number of carbonyl (C=O) groups excluding carboxylic acids is 2. The minimum atomic E-state index is -1.22. The largest absolute Gasteiger partial charge is 0.480 e. The van der Waals surface area contributed by atoms with Gasteiger partial charge in [-0.25, -0.2) is 19.4 Å². The van der Waals surface area contributed by atoms with Crippen molar-refractivity contribution in [2.75, 3.05) is 13.2 Å². The average Bonchev–Trinajstić information content (AvgIpc) is 3.24. The fourth-order valence-corrected chi connectivity index (χ4v) is 4.92. The van der Waals surface area contributed by atoms with Gasteiger partial charge >= 0.3 is 18.2 Å². The Hall–Kier alpha value is -4.33. The Morgan fingerprint density at radius 3 is 2.06 bits per heavy atom. The highest BCUT2D eigenvalue weighted by atomic mass is 16.6. The van der Waals surface area contributed by atoms with E-state index in [-0.39, 0.29) is 32.1 Å². The van der Waals surface area contributed by atoms with Crippen LogP contribution in [-0.2, 0) is 20.9 Å². The summed E-state index contributed by atoms with van der Waals surface area (Å²) < 4.78 is 11.1. The van der Waals surface area contributed by atoms with E-state index in [1.165, 1.54) is 0 Å². The third-order valence-corrected chi connectivity index (χ3v) is 6.63. The van der Waals surface area contributed by atoms with E-state index in [4.69, 9.17) is 9.47 Å². The Bertz CT molecular complexity index is 1230. The topological polar surface area (TPSA) is 96.4 Å². The second kappa shape index (κ2) is 10.1. The smallest absolute Gasteiger partial charge is 0.429 e. The van der Waals surface area contributed by atoms with Crippen LogP contribution in [-0.4, -0.2) is 52.5 Å². The van der Waals surface area contributed by atoms with Crippen molar-refractivity contribution in [3.8, 4) is 11.1 Å². The van der Waals surface area contributed by atoms with Crippen LogP contribution in [0.2, 0.25) is 0 Å². The van der Waals surface area contributed by atoms with Gasteiger partial charge in [-0.05, 0) is 40.7 Å². The SMILES string of the molecule is O=C(O)[C@@H]1CCCN(C(=O)OCc2ccccc2)N1C(=O)OCC1c2ccccc2-c2ccccc21. The first-order chi connectivity index (χ1) is 17.5. The summed E-state index contributed by atoms with van der Waals surface area (Å²) in [5, 5.41) is 11.7. The third kappa shape index (κ3) is 4.49. The predicted octanol–water partition coefficient (Wildman–Crippen LogP) is 5.04. The molecular formula is C28H26N2O6. The van der Waals surface area contributed by atoms with Gasteiger partial charge in [0, 0.05) is 12.5 Å². The lowest BCUT2D eigenvalue weighted by Gasteiger charge is -2.40. The number of fused-ring (bicyclic) bond motifs is 3. The molecule has 0 unspecified atom stereocenters.